The number of nitrogens with zero attached hydrogens (tertiary/aromatic N) is 2. The van der Waals surface area contributed by atoms with Crippen molar-refractivity contribution < 1.29 is 14.3 Å². The number of hydrogen-bond donors (Lipinski definition) is 2. The lowest BCUT2D eigenvalue weighted by molar-refractivity contribution is -0.119. The number of carbonyl (C=O) groups is 2. The topological polar surface area (TPSA) is 101 Å². The molecule has 1 aromatic heterocycles. The van der Waals surface area contributed by atoms with Gasteiger partial charge in [-0.05, 0) is 19.1 Å². The summed E-state index contributed by atoms with van der Waals surface area (Å²) in [5, 5.41) is 0. The number of nitrogens with two attached hydrogens (primary N) is 1. The molecule has 1 fully saturated rings. The van der Waals surface area contributed by atoms with Crippen molar-refractivity contribution in [2.45, 2.75) is 39.3 Å². The Morgan fingerprint density at radius 3 is 2.67 bits per heavy atom. The van der Waals surface area contributed by atoms with Crippen molar-refractivity contribution in [3.8, 4) is 0 Å². The molecular weight excluding hydrogens is 344 g/mol. The minimum absolute atomic E-state index is 0.111. The SMILES string of the molecule is CCc1nc(CN2C[C@H](CC(N)=O)[C@H](OC(=O)c3ccccc3)C2)c(C)[nH]1. The van der Waals surface area contributed by atoms with E-state index in [0.717, 1.165) is 23.6 Å². The van der Waals surface area contributed by atoms with Gasteiger partial charge in [-0.15, -0.1) is 0 Å². The number of H-pyrrole nitrogens is 1. The van der Waals surface area contributed by atoms with Gasteiger partial charge in [-0.25, -0.2) is 9.78 Å². The molecule has 2 heterocycles. The molecule has 0 spiro atoms. The Hall–Kier alpha value is -2.67. The molecule has 7 heteroatoms. The van der Waals surface area contributed by atoms with Crippen LogP contribution in [-0.4, -0.2) is 45.9 Å². The molecule has 7 nitrogen and oxygen atoms in total. The first-order valence-corrected chi connectivity index (χ1v) is 9.27. The number of benzene rings is 1. The van der Waals surface area contributed by atoms with Gasteiger partial charge in [-0.2, -0.15) is 0 Å². The summed E-state index contributed by atoms with van der Waals surface area (Å²) in [7, 11) is 0. The van der Waals surface area contributed by atoms with Crippen molar-refractivity contribution in [3.63, 3.8) is 0 Å². The van der Waals surface area contributed by atoms with Crippen LogP contribution < -0.4 is 5.73 Å². The van der Waals surface area contributed by atoms with Crippen LogP contribution in [0.2, 0.25) is 0 Å². The van der Waals surface area contributed by atoms with Crippen molar-refractivity contribution in [2.75, 3.05) is 13.1 Å². The highest BCUT2D eigenvalue weighted by Gasteiger charge is 2.37. The van der Waals surface area contributed by atoms with Crippen LogP contribution in [0.15, 0.2) is 30.3 Å². The number of rotatable bonds is 7. The van der Waals surface area contributed by atoms with E-state index in [2.05, 4.69) is 21.8 Å². The summed E-state index contributed by atoms with van der Waals surface area (Å²) in [4.78, 5) is 33.9. The summed E-state index contributed by atoms with van der Waals surface area (Å²) in [6.07, 6.45) is 0.681. The number of aromatic amines is 1. The molecule has 0 bridgehead atoms. The van der Waals surface area contributed by atoms with Gasteiger partial charge >= 0.3 is 5.97 Å². The molecule has 0 aliphatic carbocycles. The van der Waals surface area contributed by atoms with Gasteiger partial charge < -0.3 is 15.5 Å². The zero-order valence-corrected chi connectivity index (χ0v) is 15.8. The Bertz CT molecular complexity index is 803. The van der Waals surface area contributed by atoms with E-state index < -0.39 is 0 Å². The van der Waals surface area contributed by atoms with E-state index in [9.17, 15) is 9.59 Å². The van der Waals surface area contributed by atoms with Crippen molar-refractivity contribution in [2.24, 2.45) is 11.7 Å². The average Bonchev–Trinajstić information content (AvgIpc) is 3.18. The van der Waals surface area contributed by atoms with Crippen LogP contribution in [0, 0.1) is 12.8 Å². The lowest BCUT2D eigenvalue weighted by atomic mass is 10.0. The molecule has 1 aromatic carbocycles. The summed E-state index contributed by atoms with van der Waals surface area (Å²) in [5.41, 5.74) is 7.94. The smallest absolute Gasteiger partial charge is 0.338 e. The number of aromatic nitrogens is 2. The number of likely N-dealkylation sites (tertiary alicyclic amines) is 1. The highest BCUT2D eigenvalue weighted by molar-refractivity contribution is 5.89. The van der Waals surface area contributed by atoms with Crippen LogP contribution in [0.25, 0.3) is 0 Å². The standard InChI is InChI=1S/C20H26N4O3/c1-3-19-22-13(2)16(23-19)11-24-10-15(9-18(21)25)17(12-24)27-20(26)14-7-5-4-6-8-14/h4-8,15,17H,3,9-12H2,1-2H3,(H2,21,25)(H,22,23)/t15-,17+/m0/s1. The molecule has 0 unspecified atom stereocenters. The van der Waals surface area contributed by atoms with Crippen molar-refractivity contribution in [3.05, 3.63) is 53.1 Å². The Kier molecular flexibility index (Phi) is 5.91. The van der Waals surface area contributed by atoms with E-state index in [1.807, 2.05) is 13.0 Å². The first-order valence-electron chi connectivity index (χ1n) is 9.27. The Morgan fingerprint density at radius 1 is 1.30 bits per heavy atom. The Labute approximate surface area is 158 Å². The predicted octanol–water partition coefficient (Wildman–Crippen LogP) is 1.81. The minimum atomic E-state index is -0.383. The zero-order chi connectivity index (χ0) is 19.4. The van der Waals surface area contributed by atoms with E-state index in [0.29, 0.717) is 25.2 Å². The van der Waals surface area contributed by atoms with Gasteiger partial charge in [-0.1, -0.05) is 25.1 Å². The molecule has 1 amide bonds. The number of hydrogen-bond acceptors (Lipinski definition) is 5. The third kappa shape index (κ3) is 4.74. The van der Waals surface area contributed by atoms with Gasteiger partial charge in [0, 0.05) is 44.1 Å². The second kappa shape index (κ2) is 8.35. The van der Waals surface area contributed by atoms with Gasteiger partial charge in [0.1, 0.15) is 11.9 Å². The second-order valence-corrected chi connectivity index (χ2v) is 7.04. The number of primary amides is 1. The van der Waals surface area contributed by atoms with Gasteiger partial charge in [0.2, 0.25) is 5.91 Å². The number of ether oxygens (including phenoxy) is 1. The molecule has 3 N–H and O–H groups in total. The van der Waals surface area contributed by atoms with E-state index in [1.54, 1.807) is 24.3 Å². The van der Waals surface area contributed by atoms with Crippen LogP contribution in [0.1, 0.15) is 40.9 Å². The number of esters is 1. The fourth-order valence-electron chi connectivity index (χ4n) is 3.52. The summed E-state index contributed by atoms with van der Waals surface area (Å²) >= 11 is 0. The summed E-state index contributed by atoms with van der Waals surface area (Å²) in [6, 6.07) is 8.88. The van der Waals surface area contributed by atoms with Gasteiger partial charge in [0.15, 0.2) is 0 Å². The van der Waals surface area contributed by atoms with Crippen molar-refractivity contribution in [1.29, 1.82) is 0 Å². The monoisotopic (exact) mass is 370 g/mol. The average molecular weight is 370 g/mol. The largest absolute Gasteiger partial charge is 0.457 e. The van der Waals surface area contributed by atoms with E-state index in [-0.39, 0.29) is 30.3 Å². The fourth-order valence-corrected chi connectivity index (χ4v) is 3.52. The van der Waals surface area contributed by atoms with Gasteiger partial charge in [-0.3, -0.25) is 9.69 Å². The molecule has 1 saturated heterocycles. The van der Waals surface area contributed by atoms with E-state index >= 15 is 0 Å². The molecule has 0 radical (unpaired) electrons. The molecular formula is C20H26N4O3. The molecule has 27 heavy (non-hydrogen) atoms. The van der Waals surface area contributed by atoms with Crippen LogP contribution in [-0.2, 0) is 22.5 Å². The molecule has 1 aliphatic rings. The first-order chi connectivity index (χ1) is 13.0. The maximum Gasteiger partial charge on any atom is 0.338 e. The number of aryl methyl sites for hydroxylation is 2. The number of carbonyl (C=O) groups excluding carboxylic acids is 2. The normalized spacial score (nSPS) is 19.9. The van der Waals surface area contributed by atoms with Gasteiger partial charge in [0.25, 0.3) is 0 Å². The first kappa shape index (κ1) is 19.1. The van der Waals surface area contributed by atoms with Crippen LogP contribution in [0.3, 0.4) is 0 Å². The summed E-state index contributed by atoms with van der Waals surface area (Å²) in [6.45, 7) is 5.91. The molecule has 2 aromatic rings. The summed E-state index contributed by atoms with van der Waals surface area (Å²) < 4.78 is 5.72. The lowest BCUT2D eigenvalue weighted by Gasteiger charge is -2.18. The maximum atomic E-state index is 12.4. The number of imidazole rings is 1. The van der Waals surface area contributed by atoms with E-state index in [4.69, 9.17) is 10.5 Å². The molecule has 3 rings (SSSR count). The van der Waals surface area contributed by atoms with Gasteiger partial charge in [0.05, 0.1) is 11.3 Å². The van der Waals surface area contributed by atoms with Crippen LogP contribution in [0.4, 0.5) is 0 Å². The quantitative estimate of drug-likeness (QED) is 0.724. The highest BCUT2D eigenvalue weighted by Crippen LogP contribution is 2.26. The van der Waals surface area contributed by atoms with Crippen LogP contribution in [0.5, 0.6) is 0 Å². The Morgan fingerprint density at radius 2 is 2.04 bits per heavy atom. The number of amides is 1. The maximum absolute atomic E-state index is 12.4. The molecule has 144 valence electrons. The Balaban J connectivity index is 1.69. The summed E-state index contributed by atoms with van der Waals surface area (Å²) in [5.74, 6) is 0.0930. The van der Waals surface area contributed by atoms with Crippen molar-refractivity contribution in [1.82, 2.24) is 14.9 Å². The molecule has 1 aliphatic heterocycles. The molecule has 0 saturated carbocycles. The third-order valence-electron chi connectivity index (χ3n) is 4.93. The lowest BCUT2D eigenvalue weighted by Crippen LogP contribution is -2.29. The predicted molar refractivity (Wildman–Crippen MR) is 101 cm³/mol. The zero-order valence-electron chi connectivity index (χ0n) is 15.8. The highest BCUT2D eigenvalue weighted by atomic mass is 16.5. The van der Waals surface area contributed by atoms with Crippen LogP contribution >= 0.6 is 0 Å². The second-order valence-electron chi connectivity index (χ2n) is 7.04. The molecule has 2 atom stereocenters. The van der Waals surface area contributed by atoms with Crippen molar-refractivity contribution >= 4 is 11.9 Å². The minimum Gasteiger partial charge on any atom is -0.457 e. The fraction of sp³-hybridized carbons (Fsp3) is 0.450. The number of nitrogens with one attached hydrogen (secondary N) is 1. The third-order valence-corrected chi connectivity index (χ3v) is 4.93. The van der Waals surface area contributed by atoms with E-state index in [1.165, 1.54) is 0 Å².